The second-order valence-electron chi connectivity index (χ2n) is 8.42. The maximum Gasteiger partial charge on any atom is 0.261 e. The fourth-order valence-corrected chi connectivity index (χ4v) is 5.57. The first-order valence-electron chi connectivity index (χ1n) is 9.76. The zero-order valence-corrected chi connectivity index (χ0v) is 16.4. The number of hydrogen-bond donors (Lipinski definition) is 1. The summed E-state index contributed by atoms with van der Waals surface area (Å²) in [5.41, 5.74) is -0.156. The van der Waals surface area contributed by atoms with E-state index in [9.17, 15) is 9.59 Å². The number of thiophene rings is 1. The Bertz CT molecular complexity index is 675. The van der Waals surface area contributed by atoms with Crippen LogP contribution in [-0.4, -0.2) is 48.1 Å². The molecule has 1 N–H and O–H groups in total. The zero-order chi connectivity index (χ0) is 18.3. The Morgan fingerprint density at radius 1 is 1.46 bits per heavy atom. The van der Waals surface area contributed by atoms with E-state index in [2.05, 4.69) is 19.2 Å². The van der Waals surface area contributed by atoms with Crippen LogP contribution in [0.2, 0.25) is 0 Å². The minimum absolute atomic E-state index is 0.000290. The van der Waals surface area contributed by atoms with Gasteiger partial charge in [0.15, 0.2) is 0 Å². The number of nitrogens with zero attached hydrogens (tertiary/aromatic N) is 1. The molecule has 3 saturated heterocycles. The molecule has 142 valence electrons. The van der Waals surface area contributed by atoms with Gasteiger partial charge in [-0.1, -0.05) is 19.9 Å². The number of ether oxygens (including phenoxy) is 1. The zero-order valence-electron chi connectivity index (χ0n) is 15.6. The van der Waals surface area contributed by atoms with Crippen LogP contribution in [0.25, 0.3) is 0 Å². The van der Waals surface area contributed by atoms with Crippen molar-refractivity contribution in [3.05, 3.63) is 22.4 Å². The van der Waals surface area contributed by atoms with E-state index in [-0.39, 0.29) is 23.5 Å². The van der Waals surface area contributed by atoms with Crippen molar-refractivity contribution in [2.24, 2.45) is 17.8 Å². The van der Waals surface area contributed by atoms with Gasteiger partial charge in [0.1, 0.15) is 0 Å². The maximum absolute atomic E-state index is 12.6. The lowest BCUT2D eigenvalue weighted by Gasteiger charge is -2.29. The monoisotopic (exact) mass is 376 g/mol. The lowest BCUT2D eigenvalue weighted by Crippen LogP contribution is -2.41. The van der Waals surface area contributed by atoms with Gasteiger partial charge in [-0.2, -0.15) is 0 Å². The average molecular weight is 377 g/mol. The molecule has 1 spiro atoms. The van der Waals surface area contributed by atoms with E-state index in [1.165, 1.54) is 11.3 Å². The topological polar surface area (TPSA) is 58.6 Å². The van der Waals surface area contributed by atoms with Gasteiger partial charge in [0.2, 0.25) is 5.91 Å². The Morgan fingerprint density at radius 3 is 3.04 bits per heavy atom. The number of carbonyl (C=O) groups excluding carboxylic acids is 2. The second kappa shape index (κ2) is 6.97. The molecule has 3 aliphatic heterocycles. The molecular weight excluding hydrogens is 348 g/mol. The Labute approximate surface area is 159 Å². The van der Waals surface area contributed by atoms with Crippen molar-refractivity contribution < 1.29 is 14.3 Å². The highest BCUT2D eigenvalue weighted by molar-refractivity contribution is 7.12. The van der Waals surface area contributed by atoms with E-state index in [0.29, 0.717) is 30.7 Å². The first-order chi connectivity index (χ1) is 12.5. The molecular formula is C20H28N2O3S. The third-order valence-corrected chi connectivity index (χ3v) is 7.18. The Balaban J connectivity index is 1.38. The van der Waals surface area contributed by atoms with Crippen LogP contribution in [0, 0.1) is 17.8 Å². The highest BCUT2D eigenvalue weighted by Gasteiger charge is 2.63. The molecule has 3 fully saturated rings. The largest absolute Gasteiger partial charge is 0.369 e. The first kappa shape index (κ1) is 18.0. The lowest BCUT2D eigenvalue weighted by molar-refractivity contribution is -0.132. The quantitative estimate of drug-likeness (QED) is 0.830. The molecule has 6 heteroatoms. The third-order valence-electron chi connectivity index (χ3n) is 6.32. The van der Waals surface area contributed by atoms with Gasteiger partial charge in [-0.25, -0.2) is 0 Å². The Morgan fingerprint density at radius 2 is 2.31 bits per heavy atom. The number of nitrogens with one attached hydrogen (secondary N) is 1. The normalized spacial score (nSPS) is 32.3. The van der Waals surface area contributed by atoms with Crippen LogP contribution in [0.3, 0.4) is 0 Å². The van der Waals surface area contributed by atoms with Gasteiger partial charge >= 0.3 is 0 Å². The summed E-state index contributed by atoms with van der Waals surface area (Å²) in [6, 6.07) is 3.75. The van der Waals surface area contributed by atoms with E-state index in [1.807, 2.05) is 22.4 Å². The smallest absolute Gasteiger partial charge is 0.261 e. The summed E-state index contributed by atoms with van der Waals surface area (Å²) in [6.45, 7) is 6.47. The van der Waals surface area contributed by atoms with Gasteiger partial charge in [-0.05, 0) is 36.6 Å². The summed E-state index contributed by atoms with van der Waals surface area (Å²) in [4.78, 5) is 27.6. The molecule has 4 atom stereocenters. The number of fused-ring (bicyclic) bond motifs is 1. The van der Waals surface area contributed by atoms with Crippen molar-refractivity contribution in [3.8, 4) is 0 Å². The molecule has 1 aromatic heterocycles. The molecule has 0 saturated carbocycles. The van der Waals surface area contributed by atoms with Crippen LogP contribution in [-0.2, 0) is 9.53 Å². The van der Waals surface area contributed by atoms with Gasteiger partial charge < -0.3 is 15.0 Å². The average Bonchev–Trinajstić information content (AvgIpc) is 3.37. The van der Waals surface area contributed by atoms with E-state index >= 15 is 0 Å². The predicted molar refractivity (Wildman–Crippen MR) is 101 cm³/mol. The molecule has 0 radical (unpaired) electrons. The van der Waals surface area contributed by atoms with Crippen molar-refractivity contribution in [2.75, 3.05) is 19.6 Å². The van der Waals surface area contributed by atoms with E-state index in [0.717, 1.165) is 37.2 Å². The molecule has 5 nitrogen and oxygen atoms in total. The number of amides is 2. The van der Waals surface area contributed by atoms with Crippen LogP contribution in [0.4, 0.5) is 0 Å². The lowest BCUT2D eigenvalue weighted by atomic mass is 9.73. The van der Waals surface area contributed by atoms with E-state index < -0.39 is 0 Å². The number of likely N-dealkylation sites (tertiary alicyclic amines) is 1. The van der Waals surface area contributed by atoms with Crippen LogP contribution in [0.1, 0.15) is 49.2 Å². The molecule has 0 aromatic carbocycles. The number of rotatable bonds is 6. The van der Waals surface area contributed by atoms with Gasteiger partial charge in [-0.15, -0.1) is 11.3 Å². The van der Waals surface area contributed by atoms with Crippen molar-refractivity contribution in [3.63, 3.8) is 0 Å². The van der Waals surface area contributed by atoms with Gasteiger partial charge in [-0.3, -0.25) is 9.59 Å². The number of hydrogen-bond acceptors (Lipinski definition) is 4. The minimum Gasteiger partial charge on any atom is -0.369 e. The Kier molecular flexibility index (Phi) is 4.82. The molecule has 3 aliphatic rings. The summed E-state index contributed by atoms with van der Waals surface area (Å²) >= 11 is 1.46. The third kappa shape index (κ3) is 3.18. The number of carbonyl (C=O) groups is 2. The minimum atomic E-state index is -0.156. The standard InChI is InChI=1S/C20H28N2O3S/c1-13(2)5-6-18(23)22-11-15-14(16-7-8-20(15,12-22)25-16)10-21-19(24)17-4-3-9-26-17/h3-4,9,13-16H,5-8,10-12H2,1-2H3,(H,21,24)/t14-,15+,16+,20+/m0/s1. The van der Waals surface area contributed by atoms with Crippen LogP contribution < -0.4 is 5.32 Å². The Hall–Kier alpha value is -1.40. The van der Waals surface area contributed by atoms with Gasteiger partial charge in [0.25, 0.3) is 5.91 Å². The molecule has 2 amide bonds. The highest BCUT2D eigenvalue weighted by atomic mass is 32.1. The second-order valence-corrected chi connectivity index (χ2v) is 9.37. The molecule has 0 aliphatic carbocycles. The van der Waals surface area contributed by atoms with E-state index in [1.54, 1.807) is 0 Å². The summed E-state index contributed by atoms with van der Waals surface area (Å²) in [5.74, 6) is 1.48. The van der Waals surface area contributed by atoms with Crippen LogP contribution in [0.15, 0.2) is 17.5 Å². The van der Waals surface area contributed by atoms with Crippen molar-refractivity contribution in [1.29, 1.82) is 0 Å². The SMILES string of the molecule is CC(C)CCC(=O)N1C[C@@H]2[C@H](CNC(=O)c3cccs3)[C@H]3CC[C@]2(C1)O3. The van der Waals surface area contributed by atoms with Gasteiger partial charge in [0.05, 0.1) is 23.1 Å². The predicted octanol–water partition coefficient (Wildman–Crippen LogP) is 2.92. The fourth-order valence-electron chi connectivity index (χ4n) is 4.93. The summed E-state index contributed by atoms with van der Waals surface area (Å²) in [7, 11) is 0. The van der Waals surface area contributed by atoms with Crippen LogP contribution in [0.5, 0.6) is 0 Å². The fraction of sp³-hybridized carbons (Fsp3) is 0.700. The maximum atomic E-state index is 12.6. The summed E-state index contributed by atoms with van der Waals surface area (Å²) < 4.78 is 6.38. The van der Waals surface area contributed by atoms with Gasteiger partial charge in [0, 0.05) is 31.3 Å². The molecule has 4 heterocycles. The van der Waals surface area contributed by atoms with Crippen molar-refractivity contribution in [2.45, 2.75) is 51.2 Å². The van der Waals surface area contributed by atoms with Crippen LogP contribution >= 0.6 is 11.3 Å². The highest BCUT2D eigenvalue weighted by Crippen LogP contribution is 2.54. The molecule has 1 aromatic rings. The molecule has 26 heavy (non-hydrogen) atoms. The summed E-state index contributed by atoms with van der Waals surface area (Å²) in [5, 5.41) is 5.01. The van der Waals surface area contributed by atoms with E-state index in [4.69, 9.17) is 4.74 Å². The van der Waals surface area contributed by atoms with Crippen molar-refractivity contribution >= 4 is 23.2 Å². The molecule has 0 unspecified atom stereocenters. The first-order valence-corrected chi connectivity index (χ1v) is 10.6. The summed E-state index contributed by atoms with van der Waals surface area (Å²) in [6.07, 6.45) is 3.90. The molecule has 2 bridgehead atoms. The van der Waals surface area contributed by atoms with Crippen molar-refractivity contribution in [1.82, 2.24) is 10.2 Å². The molecule has 4 rings (SSSR count).